The second-order valence-corrected chi connectivity index (χ2v) is 1.43. The van der Waals surface area contributed by atoms with Gasteiger partial charge in [0.05, 0.1) is 6.61 Å². The number of carbonyl (C=O) groups excluding carboxylic acids is 1. The quantitative estimate of drug-likeness (QED) is 0.687. The molecule has 0 aromatic carbocycles. The Morgan fingerprint density at radius 3 is 1.92 bits per heavy atom. The molecule has 0 aliphatic heterocycles. The first-order chi connectivity index (χ1) is 5.81. The van der Waals surface area contributed by atoms with Crippen LogP contribution in [0.3, 0.4) is 0 Å². The van der Waals surface area contributed by atoms with Crippen LogP contribution >= 0.6 is 0 Å². The Kier molecular flexibility index (Phi) is 32.7. The summed E-state index contributed by atoms with van der Waals surface area (Å²) in [6.07, 6.45) is 0.486. The van der Waals surface area contributed by atoms with E-state index in [1.165, 1.54) is 0 Å². The molecule has 0 aromatic heterocycles. The van der Waals surface area contributed by atoms with Crippen molar-refractivity contribution in [1.82, 2.24) is 5.32 Å². The van der Waals surface area contributed by atoms with Gasteiger partial charge in [-0.1, -0.05) is 34.6 Å². The fourth-order valence-electron chi connectivity index (χ4n) is 0.320. The largest absolute Gasteiger partial charge is 0.395 e. The van der Waals surface area contributed by atoms with Gasteiger partial charge in [-0.25, -0.2) is 0 Å². The molecule has 0 atom stereocenters. The normalized spacial score (nSPS) is 6.83. The first-order valence-electron chi connectivity index (χ1n) is 4.68. The van der Waals surface area contributed by atoms with Crippen molar-refractivity contribution in [3.63, 3.8) is 0 Å². The van der Waals surface area contributed by atoms with Crippen molar-refractivity contribution in [3.05, 3.63) is 0 Å². The second-order valence-electron chi connectivity index (χ2n) is 1.43. The monoisotopic (exact) mass is 177 g/mol. The highest BCUT2D eigenvalue weighted by Gasteiger charge is 1.91. The van der Waals surface area contributed by atoms with E-state index in [4.69, 9.17) is 5.11 Å². The first kappa shape index (κ1) is 17.5. The number of rotatable bonds is 3. The molecule has 0 rings (SSSR count). The van der Waals surface area contributed by atoms with Gasteiger partial charge in [0, 0.05) is 13.0 Å². The van der Waals surface area contributed by atoms with Crippen molar-refractivity contribution in [3.8, 4) is 0 Å². The average molecular weight is 177 g/mol. The molecule has 0 heterocycles. The maximum atomic E-state index is 10.3. The Morgan fingerprint density at radius 1 is 1.25 bits per heavy atom. The summed E-state index contributed by atoms with van der Waals surface area (Å²) in [6.45, 7) is 10.2. The second kappa shape index (κ2) is 22.4. The van der Waals surface area contributed by atoms with Gasteiger partial charge in [0.25, 0.3) is 0 Å². The van der Waals surface area contributed by atoms with Gasteiger partial charge in [-0.2, -0.15) is 0 Å². The molecule has 12 heavy (non-hydrogen) atoms. The molecule has 2 N–H and O–H groups in total. The maximum absolute atomic E-state index is 10.3. The van der Waals surface area contributed by atoms with Crippen LogP contribution < -0.4 is 5.32 Å². The van der Waals surface area contributed by atoms with Crippen molar-refractivity contribution in [2.45, 2.75) is 41.0 Å². The van der Waals surface area contributed by atoms with Crippen LogP contribution in [-0.4, -0.2) is 24.2 Å². The van der Waals surface area contributed by atoms with Crippen LogP contribution in [0.4, 0.5) is 0 Å². The van der Waals surface area contributed by atoms with E-state index in [1.807, 2.05) is 27.7 Å². The summed E-state index contributed by atoms with van der Waals surface area (Å²) in [5.41, 5.74) is 0. The molecule has 0 bridgehead atoms. The van der Waals surface area contributed by atoms with E-state index in [2.05, 4.69) is 5.32 Å². The van der Waals surface area contributed by atoms with E-state index in [1.54, 1.807) is 6.92 Å². The predicted molar refractivity (Wildman–Crippen MR) is 53.1 cm³/mol. The lowest BCUT2D eigenvalue weighted by atomic mass is 10.4. The Balaban J connectivity index is -0.000000175. The smallest absolute Gasteiger partial charge is 0.219 e. The van der Waals surface area contributed by atoms with E-state index in [0.29, 0.717) is 13.0 Å². The van der Waals surface area contributed by atoms with Crippen LogP contribution in [0.25, 0.3) is 0 Å². The van der Waals surface area contributed by atoms with Crippen molar-refractivity contribution < 1.29 is 9.90 Å². The summed E-state index contributed by atoms with van der Waals surface area (Å²) >= 11 is 0. The Labute approximate surface area is 76.2 Å². The summed E-state index contributed by atoms with van der Waals surface area (Å²) in [4.78, 5) is 10.3. The maximum Gasteiger partial charge on any atom is 0.219 e. The molecule has 3 heteroatoms. The SMILES string of the molecule is CC.CC.CCC(=O)NCCO. The molecule has 0 fully saturated rings. The molecule has 76 valence electrons. The number of aliphatic hydroxyl groups is 1. The topological polar surface area (TPSA) is 49.3 Å². The molecule has 0 aliphatic carbocycles. The summed E-state index contributed by atoms with van der Waals surface area (Å²) < 4.78 is 0. The van der Waals surface area contributed by atoms with Crippen LogP contribution in [-0.2, 0) is 4.79 Å². The summed E-state index contributed by atoms with van der Waals surface area (Å²) in [5.74, 6) is -0.0148. The molecule has 0 aliphatic rings. The predicted octanol–water partition coefficient (Wildman–Crippen LogP) is 1.56. The van der Waals surface area contributed by atoms with Gasteiger partial charge in [0.15, 0.2) is 0 Å². The van der Waals surface area contributed by atoms with Gasteiger partial charge in [0.2, 0.25) is 5.91 Å². The molecule has 0 saturated heterocycles. The van der Waals surface area contributed by atoms with Crippen LogP contribution in [0.15, 0.2) is 0 Å². The van der Waals surface area contributed by atoms with Gasteiger partial charge in [-0.3, -0.25) is 4.79 Å². The minimum atomic E-state index is -0.0148. The van der Waals surface area contributed by atoms with E-state index in [0.717, 1.165) is 0 Å². The number of aliphatic hydroxyl groups excluding tert-OH is 1. The highest BCUT2D eigenvalue weighted by atomic mass is 16.3. The summed E-state index contributed by atoms with van der Waals surface area (Å²) in [7, 11) is 0. The number of carbonyl (C=O) groups is 1. The molecule has 0 unspecified atom stereocenters. The first-order valence-corrected chi connectivity index (χ1v) is 4.68. The molecule has 0 radical (unpaired) electrons. The van der Waals surface area contributed by atoms with E-state index < -0.39 is 0 Å². The zero-order valence-corrected chi connectivity index (χ0v) is 8.98. The zero-order valence-electron chi connectivity index (χ0n) is 8.98. The third-order valence-electron chi connectivity index (χ3n) is 0.755. The number of amides is 1. The van der Waals surface area contributed by atoms with Crippen LogP contribution in [0.5, 0.6) is 0 Å². The Morgan fingerprint density at radius 2 is 1.67 bits per heavy atom. The molecule has 3 nitrogen and oxygen atoms in total. The molecular formula is C9H23NO2. The highest BCUT2D eigenvalue weighted by Crippen LogP contribution is 1.71. The lowest BCUT2D eigenvalue weighted by Crippen LogP contribution is -2.25. The number of hydrogen-bond donors (Lipinski definition) is 2. The summed E-state index contributed by atoms with van der Waals surface area (Å²) in [6, 6.07) is 0. The standard InChI is InChI=1S/C5H11NO2.2C2H6/c1-2-5(8)6-3-4-7;2*1-2/h7H,2-4H2,1H3,(H,6,8);2*1-2H3. The Hall–Kier alpha value is -0.570. The number of nitrogens with one attached hydrogen (secondary N) is 1. The van der Waals surface area contributed by atoms with Crippen LogP contribution in [0, 0.1) is 0 Å². The van der Waals surface area contributed by atoms with Gasteiger partial charge in [-0.15, -0.1) is 0 Å². The fourth-order valence-corrected chi connectivity index (χ4v) is 0.320. The molecule has 0 spiro atoms. The Bertz CT molecular complexity index is 74.9. The zero-order chi connectivity index (χ0) is 10.4. The number of hydrogen-bond acceptors (Lipinski definition) is 2. The molecular weight excluding hydrogens is 154 g/mol. The van der Waals surface area contributed by atoms with Gasteiger partial charge < -0.3 is 10.4 Å². The van der Waals surface area contributed by atoms with Crippen molar-refractivity contribution in [2.75, 3.05) is 13.2 Å². The van der Waals surface area contributed by atoms with Crippen molar-refractivity contribution in [2.24, 2.45) is 0 Å². The van der Waals surface area contributed by atoms with Crippen LogP contribution in [0.2, 0.25) is 0 Å². The average Bonchev–Trinajstić information content (AvgIpc) is 2.20. The van der Waals surface area contributed by atoms with Gasteiger partial charge in [0.1, 0.15) is 0 Å². The third kappa shape index (κ3) is 22.7. The molecule has 0 saturated carbocycles. The molecule has 1 amide bonds. The van der Waals surface area contributed by atoms with Gasteiger partial charge in [-0.05, 0) is 0 Å². The lowest BCUT2D eigenvalue weighted by Gasteiger charge is -1.96. The minimum absolute atomic E-state index is 0.0148. The lowest BCUT2D eigenvalue weighted by molar-refractivity contribution is -0.120. The summed E-state index contributed by atoms with van der Waals surface area (Å²) in [5, 5.41) is 10.7. The van der Waals surface area contributed by atoms with Gasteiger partial charge >= 0.3 is 0 Å². The van der Waals surface area contributed by atoms with Crippen molar-refractivity contribution in [1.29, 1.82) is 0 Å². The van der Waals surface area contributed by atoms with E-state index in [-0.39, 0.29) is 12.5 Å². The van der Waals surface area contributed by atoms with Crippen LogP contribution in [0.1, 0.15) is 41.0 Å². The van der Waals surface area contributed by atoms with Crippen molar-refractivity contribution >= 4 is 5.91 Å². The third-order valence-corrected chi connectivity index (χ3v) is 0.755. The van der Waals surface area contributed by atoms with E-state index >= 15 is 0 Å². The highest BCUT2D eigenvalue weighted by molar-refractivity contribution is 5.75. The minimum Gasteiger partial charge on any atom is -0.395 e. The molecule has 0 aromatic rings. The van der Waals surface area contributed by atoms with E-state index in [9.17, 15) is 4.79 Å². The fraction of sp³-hybridized carbons (Fsp3) is 0.889.